The zero-order chi connectivity index (χ0) is 16.7. The molecular formula is C18H22FN3O. The molecule has 5 heteroatoms. The van der Waals surface area contributed by atoms with Gasteiger partial charge in [-0.3, -0.25) is 0 Å². The lowest BCUT2D eigenvalue weighted by molar-refractivity contribution is 0.232. The Morgan fingerprint density at radius 1 is 1.04 bits per heavy atom. The van der Waals surface area contributed by atoms with Gasteiger partial charge in [0.15, 0.2) is 0 Å². The van der Waals surface area contributed by atoms with Crippen LogP contribution in [0.15, 0.2) is 54.6 Å². The predicted octanol–water partition coefficient (Wildman–Crippen LogP) is 2.93. The molecule has 2 rings (SSSR count). The quantitative estimate of drug-likeness (QED) is 0.861. The van der Waals surface area contributed by atoms with Crippen molar-refractivity contribution in [3.63, 3.8) is 0 Å². The normalized spacial score (nSPS) is 12.0. The first kappa shape index (κ1) is 17.0. The van der Waals surface area contributed by atoms with Gasteiger partial charge in [-0.05, 0) is 25.7 Å². The largest absolute Gasteiger partial charge is 0.336 e. The van der Waals surface area contributed by atoms with E-state index in [2.05, 4.69) is 10.6 Å². The van der Waals surface area contributed by atoms with Crippen molar-refractivity contribution in [2.75, 3.05) is 20.6 Å². The number of urea groups is 1. The zero-order valence-corrected chi connectivity index (χ0v) is 13.4. The summed E-state index contributed by atoms with van der Waals surface area (Å²) in [4.78, 5) is 14.0. The molecular weight excluding hydrogens is 293 g/mol. The molecule has 2 aromatic carbocycles. The van der Waals surface area contributed by atoms with Gasteiger partial charge in [-0.1, -0.05) is 48.5 Å². The van der Waals surface area contributed by atoms with E-state index in [4.69, 9.17) is 0 Å². The van der Waals surface area contributed by atoms with Gasteiger partial charge in [-0.2, -0.15) is 0 Å². The fourth-order valence-electron chi connectivity index (χ4n) is 2.34. The van der Waals surface area contributed by atoms with Crippen molar-refractivity contribution in [1.82, 2.24) is 15.5 Å². The van der Waals surface area contributed by atoms with E-state index in [0.717, 1.165) is 5.56 Å². The Morgan fingerprint density at radius 2 is 1.70 bits per heavy atom. The van der Waals surface area contributed by atoms with Gasteiger partial charge in [0.25, 0.3) is 0 Å². The van der Waals surface area contributed by atoms with Crippen LogP contribution in [-0.4, -0.2) is 31.6 Å². The minimum atomic E-state index is -0.316. The molecule has 2 N–H and O–H groups in total. The summed E-state index contributed by atoms with van der Waals surface area (Å²) in [7, 11) is 3.94. The third-order valence-electron chi connectivity index (χ3n) is 3.66. The summed E-state index contributed by atoms with van der Waals surface area (Å²) in [5, 5.41) is 5.52. The van der Waals surface area contributed by atoms with Crippen LogP contribution >= 0.6 is 0 Å². The van der Waals surface area contributed by atoms with Crippen molar-refractivity contribution < 1.29 is 9.18 Å². The van der Waals surface area contributed by atoms with E-state index in [1.165, 1.54) is 6.07 Å². The molecule has 1 unspecified atom stereocenters. The van der Waals surface area contributed by atoms with Gasteiger partial charge in [-0.25, -0.2) is 9.18 Å². The lowest BCUT2D eigenvalue weighted by Crippen LogP contribution is -2.40. The molecule has 0 bridgehead atoms. The molecule has 0 spiro atoms. The number of benzene rings is 2. The van der Waals surface area contributed by atoms with E-state index >= 15 is 0 Å². The standard InChI is InChI=1S/C18H22FN3O/c1-22(2)17(14-8-4-3-5-9-14)13-21-18(23)20-12-15-10-6-7-11-16(15)19/h3-11,17H,12-13H2,1-2H3,(H2,20,21,23). The van der Waals surface area contributed by atoms with Gasteiger partial charge in [0.1, 0.15) is 5.82 Å². The maximum Gasteiger partial charge on any atom is 0.315 e. The second-order valence-electron chi connectivity index (χ2n) is 5.55. The third kappa shape index (κ3) is 5.07. The number of likely N-dealkylation sites (N-methyl/N-ethyl adjacent to an activating group) is 1. The second kappa shape index (κ2) is 8.29. The summed E-state index contributed by atoms with van der Waals surface area (Å²) in [5.41, 5.74) is 1.60. The molecule has 2 amide bonds. The number of nitrogens with zero attached hydrogens (tertiary/aromatic N) is 1. The summed E-state index contributed by atoms with van der Waals surface area (Å²) in [6.07, 6.45) is 0. The van der Waals surface area contributed by atoms with Crippen LogP contribution in [0.5, 0.6) is 0 Å². The third-order valence-corrected chi connectivity index (χ3v) is 3.66. The highest BCUT2D eigenvalue weighted by Gasteiger charge is 2.14. The molecule has 0 aliphatic rings. The van der Waals surface area contributed by atoms with E-state index in [9.17, 15) is 9.18 Å². The topological polar surface area (TPSA) is 44.4 Å². The van der Waals surface area contributed by atoms with Crippen LogP contribution in [0.2, 0.25) is 0 Å². The monoisotopic (exact) mass is 315 g/mol. The van der Waals surface area contributed by atoms with Crippen LogP contribution in [0.25, 0.3) is 0 Å². The van der Waals surface area contributed by atoms with E-state index < -0.39 is 0 Å². The SMILES string of the molecule is CN(C)C(CNC(=O)NCc1ccccc1F)c1ccccc1. The maximum absolute atomic E-state index is 13.5. The minimum absolute atomic E-state index is 0.0791. The van der Waals surface area contributed by atoms with Gasteiger partial charge in [0, 0.05) is 18.7 Å². The Bertz CT molecular complexity index is 631. The summed E-state index contributed by atoms with van der Waals surface area (Å²) in [5.74, 6) is -0.316. The van der Waals surface area contributed by atoms with Crippen LogP contribution in [0, 0.1) is 5.82 Å². The minimum Gasteiger partial charge on any atom is -0.336 e. The Morgan fingerprint density at radius 3 is 2.35 bits per heavy atom. The first-order valence-corrected chi connectivity index (χ1v) is 7.54. The number of amides is 2. The van der Waals surface area contributed by atoms with Gasteiger partial charge in [0.05, 0.1) is 6.04 Å². The molecule has 0 aliphatic carbocycles. The van der Waals surface area contributed by atoms with Crippen LogP contribution in [0.4, 0.5) is 9.18 Å². The number of halogens is 1. The van der Waals surface area contributed by atoms with E-state index in [1.807, 2.05) is 49.3 Å². The fourth-order valence-corrected chi connectivity index (χ4v) is 2.34. The number of nitrogens with one attached hydrogen (secondary N) is 2. The molecule has 0 heterocycles. The number of hydrogen-bond acceptors (Lipinski definition) is 2. The summed E-state index contributed by atoms with van der Waals surface area (Å²) >= 11 is 0. The highest BCUT2D eigenvalue weighted by molar-refractivity contribution is 5.73. The molecule has 0 aromatic heterocycles. The molecule has 0 saturated carbocycles. The first-order valence-electron chi connectivity index (χ1n) is 7.54. The molecule has 23 heavy (non-hydrogen) atoms. The molecule has 0 aliphatic heterocycles. The molecule has 4 nitrogen and oxygen atoms in total. The molecule has 122 valence electrons. The van der Waals surface area contributed by atoms with Crippen molar-refractivity contribution >= 4 is 6.03 Å². The molecule has 1 atom stereocenters. The van der Waals surface area contributed by atoms with E-state index in [1.54, 1.807) is 18.2 Å². The Kier molecular flexibility index (Phi) is 6.11. The van der Waals surface area contributed by atoms with Crippen molar-refractivity contribution in [2.45, 2.75) is 12.6 Å². The summed E-state index contributed by atoms with van der Waals surface area (Å²) in [6, 6.07) is 16.2. The average Bonchev–Trinajstić information content (AvgIpc) is 2.55. The molecule has 0 fully saturated rings. The maximum atomic E-state index is 13.5. The van der Waals surface area contributed by atoms with E-state index in [-0.39, 0.29) is 24.4 Å². The van der Waals surface area contributed by atoms with Gasteiger partial charge >= 0.3 is 6.03 Å². The lowest BCUT2D eigenvalue weighted by Gasteiger charge is -2.25. The van der Waals surface area contributed by atoms with Crippen molar-refractivity contribution in [1.29, 1.82) is 0 Å². The predicted molar refractivity (Wildman–Crippen MR) is 89.5 cm³/mol. The number of carbonyl (C=O) groups is 1. The van der Waals surface area contributed by atoms with Crippen molar-refractivity contribution in [2.24, 2.45) is 0 Å². The highest BCUT2D eigenvalue weighted by atomic mass is 19.1. The molecule has 0 radical (unpaired) electrons. The summed E-state index contributed by atoms with van der Waals surface area (Å²) < 4.78 is 13.5. The van der Waals surface area contributed by atoms with Crippen molar-refractivity contribution in [3.05, 3.63) is 71.5 Å². The van der Waals surface area contributed by atoms with Gasteiger partial charge < -0.3 is 15.5 Å². The Balaban J connectivity index is 1.86. The fraction of sp³-hybridized carbons (Fsp3) is 0.278. The summed E-state index contributed by atoms with van der Waals surface area (Å²) in [6.45, 7) is 0.636. The zero-order valence-electron chi connectivity index (χ0n) is 13.4. The van der Waals surface area contributed by atoms with Crippen LogP contribution in [0.1, 0.15) is 17.2 Å². The average molecular weight is 315 g/mol. The second-order valence-corrected chi connectivity index (χ2v) is 5.55. The highest BCUT2D eigenvalue weighted by Crippen LogP contribution is 2.16. The van der Waals surface area contributed by atoms with E-state index in [0.29, 0.717) is 12.1 Å². The van der Waals surface area contributed by atoms with Crippen molar-refractivity contribution in [3.8, 4) is 0 Å². The molecule has 2 aromatic rings. The Labute approximate surface area is 136 Å². The van der Waals surface area contributed by atoms with Gasteiger partial charge in [-0.15, -0.1) is 0 Å². The Hall–Kier alpha value is -2.40. The first-order chi connectivity index (χ1) is 11.1. The lowest BCUT2D eigenvalue weighted by atomic mass is 10.1. The number of carbonyl (C=O) groups excluding carboxylic acids is 1. The van der Waals surface area contributed by atoms with Gasteiger partial charge in [0.2, 0.25) is 0 Å². The van der Waals surface area contributed by atoms with Crippen LogP contribution < -0.4 is 10.6 Å². The van der Waals surface area contributed by atoms with Crippen LogP contribution in [0.3, 0.4) is 0 Å². The van der Waals surface area contributed by atoms with Crippen LogP contribution in [-0.2, 0) is 6.54 Å². The molecule has 0 saturated heterocycles. The smallest absolute Gasteiger partial charge is 0.315 e. The number of rotatable bonds is 6. The number of hydrogen-bond donors (Lipinski definition) is 2.